The second-order valence-corrected chi connectivity index (χ2v) is 4.98. The van der Waals surface area contributed by atoms with Crippen molar-refractivity contribution in [2.24, 2.45) is 0 Å². The van der Waals surface area contributed by atoms with Gasteiger partial charge >= 0.3 is 6.09 Å². The van der Waals surface area contributed by atoms with E-state index in [1.54, 1.807) is 20.8 Å². The molecular weight excluding hydrogens is 213 g/mol. The Balaban J connectivity index is 2.59. The Hall–Kier alpha value is -1.13. The average molecular weight is 231 g/mol. The molecule has 0 saturated carbocycles. The van der Waals surface area contributed by atoms with Gasteiger partial charge in [-0.1, -0.05) is 0 Å². The smallest absolute Gasteiger partial charge is 0.410 e. The first-order valence-corrected chi connectivity index (χ1v) is 5.44. The number of likely N-dealkylation sites (tertiary alicyclic amines) is 1. The third kappa shape index (κ3) is 3.79. The van der Waals surface area contributed by atoms with E-state index in [9.17, 15) is 14.0 Å². The molecule has 1 atom stereocenters. The lowest BCUT2D eigenvalue weighted by atomic mass is 10.2. The zero-order valence-corrected chi connectivity index (χ0v) is 9.96. The van der Waals surface area contributed by atoms with Gasteiger partial charge in [0.15, 0.2) is 12.0 Å². The molecule has 4 nitrogen and oxygen atoms in total. The van der Waals surface area contributed by atoms with E-state index >= 15 is 0 Å². The molecule has 1 rings (SSSR count). The standard InChI is InChI=1S/C11H18FNO3/c1-11(2,3)16-10(15)13-6-4-5-8(12)9(14)7-13/h8H,4-7H2,1-3H3/t8-/m1/s1. The molecule has 0 bridgehead atoms. The predicted molar refractivity (Wildman–Crippen MR) is 56.9 cm³/mol. The third-order valence-corrected chi connectivity index (χ3v) is 2.23. The molecule has 1 fully saturated rings. The van der Waals surface area contributed by atoms with Gasteiger partial charge in [0.05, 0.1) is 6.54 Å². The predicted octanol–water partition coefficient (Wildman–Crippen LogP) is 1.92. The summed E-state index contributed by atoms with van der Waals surface area (Å²) in [5.41, 5.74) is -0.596. The molecule has 92 valence electrons. The second-order valence-electron chi connectivity index (χ2n) is 4.98. The molecule has 0 aromatic heterocycles. The molecule has 0 aromatic carbocycles. The summed E-state index contributed by atoms with van der Waals surface area (Å²) in [6.45, 7) is 5.45. The van der Waals surface area contributed by atoms with Crippen molar-refractivity contribution in [3.8, 4) is 0 Å². The van der Waals surface area contributed by atoms with Crippen molar-refractivity contribution in [3.63, 3.8) is 0 Å². The highest BCUT2D eigenvalue weighted by Crippen LogP contribution is 2.15. The number of ether oxygens (including phenoxy) is 1. The highest BCUT2D eigenvalue weighted by Gasteiger charge is 2.29. The van der Waals surface area contributed by atoms with Gasteiger partial charge in [0.1, 0.15) is 5.60 Å². The Morgan fingerprint density at radius 2 is 2.12 bits per heavy atom. The normalized spacial score (nSPS) is 22.9. The van der Waals surface area contributed by atoms with Crippen molar-refractivity contribution >= 4 is 11.9 Å². The van der Waals surface area contributed by atoms with Gasteiger partial charge in [-0.15, -0.1) is 0 Å². The van der Waals surface area contributed by atoms with Crippen molar-refractivity contribution in [1.29, 1.82) is 0 Å². The van der Waals surface area contributed by atoms with E-state index in [2.05, 4.69) is 0 Å². The van der Waals surface area contributed by atoms with Gasteiger partial charge in [-0.05, 0) is 33.6 Å². The van der Waals surface area contributed by atoms with E-state index < -0.39 is 23.6 Å². The molecule has 1 heterocycles. The van der Waals surface area contributed by atoms with Crippen LogP contribution in [0.4, 0.5) is 9.18 Å². The summed E-state index contributed by atoms with van der Waals surface area (Å²) in [5.74, 6) is -0.539. The number of carbonyl (C=O) groups is 2. The van der Waals surface area contributed by atoms with Crippen LogP contribution in [-0.4, -0.2) is 41.6 Å². The van der Waals surface area contributed by atoms with Gasteiger partial charge in [0, 0.05) is 6.54 Å². The quantitative estimate of drug-likeness (QED) is 0.640. The molecule has 0 spiro atoms. The maximum atomic E-state index is 13.1. The van der Waals surface area contributed by atoms with Gasteiger partial charge in [0.2, 0.25) is 0 Å². The van der Waals surface area contributed by atoms with Gasteiger partial charge < -0.3 is 9.64 Å². The highest BCUT2D eigenvalue weighted by molar-refractivity contribution is 5.87. The SMILES string of the molecule is CC(C)(C)OC(=O)N1CCC[C@@H](F)C(=O)C1. The lowest BCUT2D eigenvalue weighted by Crippen LogP contribution is -2.40. The summed E-state index contributed by atoms with van der Waals surface area (Å²) in [4.78, 5) is 24.2. The largest absolute Gasteiger partial charge is 0.444 e. The number of ketones is 1. The van der Waals surface area contributed by atoms with E-state index in [1.807, 2.05) is 0 Å². The van der Waals surface area contributed by atoms with Crippen LogP contribution < -0.4 is 0 Å². The number of hydrogen-bond acceptors (Lipinski definition) is 3. The van der Waals surface area contributed by atoms with Crippen molar-refractivity contribution in [3.05, 3.63) is 0 Å². The van der Waals surface area contributed by atoms with Crippen molar-refractivity contribution in [1.82, 2.24) is 4.90 Å². The molecule has 0 unspecified atom stereocenters. The minimum absolute atomic E-state index is 0.184. The molecule has 0 aliphatic carbocycles. The van der Waals surface area contributed by atoms with Crippen LogP contribution in [0.15, 0.2) is 0 Å². The number of hydrogen-bond donors (Lipinski definition) is 0. The van der Waals surface area contributed by atoms with E-state index in [0.717, 1.165) is 0 Å². The van der Waals surface area contributed by atoms with Crippen LogP contribution in [0.2, 0.25) is 0 Å². The number of carbonyl (C=O) groups excluding carboxylic acids is 2. The summed E-state index contributed by atoms with van der Waals surface area (Å²) in [5, 5.41) is 0. The Labute approximate surface area is 94.7 Å². The summed E-state index contributed by atoms with van der Waals surface area (Å²) in [6, 6.07) is 0. The highest BCUT2D eigenvalue weighted by atomic mass is 19.1. The average Bonchev–Trinajstić information content (AvgIpc) is 2.27. The number of amides is 1. The number of rotatable bonds is 0. The van der Waals surface area contributed by atoms with Crippen LogP contribution in [0.1, 0.15) is 33.6 Å². The summed E-state index contributed by atoms with van der Waals surface area (Å²) >= 11 is 0. The molecule has 1 aliphatic heterocycles. The molecule has 0 radical (unpaired) electrons. The molecule has 1 aliphatic rings. The minimum Gasteiger partial charge on any atom is -0.444 e. The van der Waals surface area contributed by atoms with Crippen LogP contribution in [0.3, 0.4) is 0 Å². The number of Topliss-reactive ketones (excluding diaryl/α,β-unsaturated/α-hetero) is 1. The first-order valence-electron chi connectivity index (χ1n) is 5.44. The fraction of sp³-hybridized carbons (Fsp3) is 0.818. The zero-order valence-electron chi connectivity index (χ0n) is 9.96. The molecule has 0 N–H and O–H groups in total. The zero-order chi connectivity index (χ0) is 12.3. The van der Waals surface area contributed by atoms with Gasteiger partial charge in [-0.25, -0.2) is 9.18 Å². The van der Waals surface area contributed by atoms with Crippen LogP contribution in [0.25, 0.3) is 0 Å². The molecular formula is C11H18FNO3. The van der Waals surface area contributed by atoms with Crippen LogP contribution in [-0.2, 0) is 9.53 Å². The van der Waals surface area contributed by atoms with Crippen LogP contribution >= 0.6 is 0 Å². The van der Waals surface area contributed by atoms with E-state index in [4.69, 9.17) is 4.74 Å². The Kier molecular flexibility index (Phi) is 3.88. The van der Waals surface area contributed by atoms with Crippen molar-refractivity contribution in [2.75, 3.05) is 13.1 Å². The van der Waals surface area contributed by atoms with E-state index in [-0.39, 0.29) is 13.0 Å². The van der Waals surface area contributed by atoms with Crippen molar-refractivity contribution < 1.29 is 18.7 Å². The van der Waals surface area contributed by atoms with Crippen LogP contribution in [0, 0.1) is 0 Å². The fourth-order valence-corrected chi connectivity index (χ4v) is 1.47. The number of alkyl halides is 1. The first kappa shape index (κ1) is 12.9. The number of nitrogens with zero attached hydrogens (tertiary/aromatic N) is 1. The third-order valence-electron chi connectivity index (χ3n) is 2.23. The van der Waals surface area contributed by atoms with Gasteiger partial charge in [-0.2, -0.15) is 0 Å². The van der Waals surface area contributed by atoms with E-state index in [0.29, 0.717) is 13.0 Å². The molecule has 1 saturated heterocycles. The summed E-state index contributed by atoms with van der Waals surface area (Å²) < 4.78 is 18.2. The maximum Gasteiger partial charge on any atom is 0.410 e. The van der Waals surface area contributed by atoms with Crippen LogP contribution in [0.5, 0.6) is 0 Å². The van der Waals surface area contributed by atoms with Crippen molar-refractivity contribution in [2.45, 2.75) is 45.4 Å². The Bertz CT molecular complexity index is 285. The first-order chi connectivity index (χ1) is 7.29. The molecule has 0 aromatic rings. The summed E-state index contributed by atoms with van der Waals surface area (Å²) in [6.07, 6.45) is -1.30. The maximum absolute atomic E-state index is 13.1. The van der Waals surface area contributed by atoms with E-state index in [1.165, 1.54) is 4.90 Å². The summed E-state index contributed by atoms with van der Waals surface area (Å²) in [7, 11) is 0. The number of halogens is 1. The Morgan fingerprint density at radius 3 is 2.69 bits per heavy atom. The lowest BCUT2D eigenvalue weighted by Gasteiger charge is -2.25. The molecule has 1 amide bonds. The molecule has 16 heavy (non-hydrogen) atoms. The monoisotopic (exact) mass is 231 g/mol. The topological polar surface area (TPSA) is 46.6 Å². The minimum atomic E-state index is -1.44. The molecule has 5 heteroatoms. The fourth-order valence-electron chi connectivity index (χ4n) is 1.47. The van der Waals surface area contributed by atoms with Gasteiger partial charge in [0.25, 0.3) is 0 Å². The second kappa shape index (κ2) is 4.80. The van der Waals surface area contributed by atoms with Gasteiger partial charge in [-0.3, -0.25) is 4.79 Å². The lowest BCUT2D eigenvalue weighted by molar-refractivity contribution is -0.124. The Morgan fingerprint density at radius 1 is 1.50 bits per heavy atom.